The van der Waals surface area contributed by atoms with E-state index in [9.17, 15) is 24.1 Å². The van der Waals surface area contributed by atoms with Crippen LogP contribution in [0.1, 0.15) is 48.3 Å². The number of carbonyl (C=O) groups excluding carboxylic acids is 3. The molecular formula is C27H32N5O6P. The number of amides is 3. The fourth-order valence-corrected chi connectivity index (χ4v) is 4.67. The molecule has 2 N–H and O–H groups in total. The van der Waals surface area contributed by atoms with E-state index in [-0.39, 0.29) is 50.3 Å². The molecule has 2 fully saturated rings. The number of carbonyl (C=O) groups is 3. The fourth-order valence-electron chi connectivity index (χ4n) is 4.39. The Bertz CT molecular complexity index is 1300. The standard InChI is InChI=1S/C27H32N5O6P/c1-2-3-13-38-27(36)32-11-9-31(10-12-32)26(35)23(17-39-37)30-25(34)22-15-21(20-14-19(20)16-33)28-24(29-22)18-7-5-4-6-8-18/h4-8,15,19-20,23,33H,2-3,9-14,16H2,1H3,(H,30,34)/t19-,20+,23+/m1/s1. The van der Waals surface area contributed by atoms with Crippen LogP contribution in [0, 0.1) is 11.5 Å². The zero-order chi connectivity index (χ0) is 27.8. The Hall–Kier alpha value is -3.52. The van der Waals surface area contributed by atoms with Gasteiger partial charge in [-0.05, 0) is 0 Å². The van der Waals surface area contributed by atoms with Crippen LogP contribution in [0.5, 0.6) is 0 Å². The Kier molecular flexibility index (Phi) is 9.87. The van der Waals surface area contributed by atoms with Gasteiger partial charge in [-0.25, -0.2) is 0 Å². The van der Waals surface area contributed by atoms with Crippen LogP contribution < -0.4 is 5.32 Å². The third kappa shape index (κ3) is 7.32. The molecule has 3 atom stereocenters. The Morgan fingerprint density at radius 1 is 1.15 bits per heavy atom. The van der Waals surface area contributed by atoms with Gasteiger partial charge in [0.25, 0.3) is 0 Å². The average molecular weight is 554 g/mol. The van der Waals surface area contributed by atoms with Crippen LogP contribution in [0.3, 0.4) is 0 Å². The van der Waals surface area contributed by atoms with Gasteiger partial charge in [-0.2, -0.15) is 0 Å². The van der Waals surface area contributed by atoms with Gasteiger partial charge in [0.05, 0.1) is 0 Å². The van der Waals surface area contributed by atoms with Gasteiger partial charge < -0.3 is 0 Å². The van der Waals surface area contributed by atoms with Crippen molar-refractivity contribution in [1.29, 1.82) is 0 Å². The number of nitrogens with zero attached hydrogens (tertiary/aromatic N) is 4. The summed E-state index contributed by atoms with van der Waals surface area (Å²) < 4.78 is 16.6. The van der Waals surface area contributed by atoms with E-state index in [1.807, 2.05) is 37.3 Å². The summed E-state index contributed by atoms with van der Waals surface area (Å²) >= 11 is 0. The van der Waals surface area contributed by atoms with Crippen molar-refractivity contribution in [1.82, 2.24) is 25.1 Å². The van der Waals surface area contributed by atoms with Gasteiger partial charge in [0.2, 0.25) is 0 Å². The summed E-state index contributed by atoms with van der Waals surface area (Å²) in [5.74, 6) is -0.651. The van der Waals surface area contributed by atoms with Gasteiger partial charge in [-0.1, -0.05) is 6.92 Å². The van der Waals surface area contributed by atoms with Gasteiger partial charge in [0.15, 0.2) is 0 Å². The molecule has 206 valence electrons. The van der Waals surface area contributed by atoms with Gasteiger partial charge in [0.1, 0.15) is 0 Å². The zero-order valence-corrected chi connectivity index (χ0v) is 22.7. The van der Waals surface area contributed by atoms with Crippen LogP contribution in [0.4, 0.5) is 4.79 Å². The number of aromatic nitrogens is 2. The molecule has 0 spiro atoms. The van der Waals surface area contributed by atoms with Gasteiger partial charge >= 0.3 is 221 Å². The molecule has 1 aliphatic carbocycles. The van der Waals surface area contributed by atoms with E-state index in [1.54, 1.807) is 6.07 Å². The molecule has 2 heterocycles. The molecule has 1 saturated carbocycles. The number of unbranched alkanes of at least 4 members (excludes halogenated alkanes) is 1. The summed E-state index contributed by atoms with van der Waals surface area (Å²) in [5.41, 5.74) is 3.90. The van der Waals surface area contributed by atoms with Crippen molar-refractivity contribution in [3.63, 3.8) is 0 Å². The van der Waals surface area contributed by atoms with Crippen molar-refractivity contribution in [2.75, 3.05) is 39.4 Å². The van der Waals surface area contributed by atoms with Crippen molar-refractivity contribution < 1.29 is 28.8 Å². The first kappa shape index (κ1) is 28.5. The van der Waals surface area contributed by atoms with E-state index < -0.39 is 31.9 Å². The summed E-state index contributed by atoms with van der Waals surface area (Å²) in [6.45, 7) is 3.45. The number of aliphatic hydroxyl groups is 1. The minimum absolute atomic E-state index is 0.0210. The Balaban J connectivity index is 1.46. The molecule has 12 heteroatoms. The maximum absolute atomic E-state index is 13.3. The molecule has 4 rings (SSSR count). The molecule has 1 aromatic carbocycles. The molecule has 3 amide bonds. The van der Waals surface area contributed by atoms with Crippen molar-refractivity contribution in [2.45, 2.75) is 38.1 Å². The second kappa shape index (κ2) is 13.5. The topological polar surface area (TPSA) is 142 Å². The number of nitrogens with one attached hydrogen (secondary N) is 1. The van der Waals surface area contributed by atoms with Crippen LogP contribution in [0.2, 0.25) is 0 Å². The first-order valence-corrected chi connectivity index (χ1v) is 13.9. The molecule has 1 aromatic heterocycles. The second-order valence-electron chi connectivity index (χ2n) is 9.56. The van der Waals surface area contributed by atoms with Crippen LogP contribution in [0.15, 0.2) is 36.4 Å². The quantitative estimate of drug-likeness (QED) is 0.357. The fraction of sp³-hybridized carbons (Fsp3) is 0.481. The van der Waals surface area contributed by atoms with E-state index in [0.29, 0.717) is 18.1 Å². The van der Waals surface area contributed by atoms with Crippen molar-refractivity contribution in [3.8, 4) is 17.0 Å². The number of hydrogen-bond donors (Lipinski definition) is 2. The normalized spacial score (nSPS) is 19.0. The average Bonchev–Trinajstić information content (AvgIpc) is 3.77. The summed E-state index contributed by atoms with van der Waals surface area (Å²) in [5, 5.41) is 12.1. The molecule has 1 saturated heterocycles. The zero-order valence-electron chi connectivity index (χ0n) is 21.8. The van der Waals surface area contributed by atoms with E-state index in [2.05, 4.69) is 20.9 Å². The summed E-state index contributed by atoms with van der Waals surface area (Å²) in [6, 6.07) is 9.51. The predicted octanol–water partition coefficient (Wildman–Crippen LogP) is 2.67. The molecule has 1 aliphatic heterocycles. The Labute approximate surface area is 228 Å². The van der Waals surface area contributed by atoms with Crippen LogP contribution in [0.25, 0.3) is 11.4 Å². The van der Waals surface area contributed by atoms with Gasteiger partial charge in [0, 0.05) is 0 Å². The number of ether oxygens (including phenoxy) is 1. The molecular weight excluding hydrogens is 521 g/mol. The van der Waals surface area contributed by atoms with E-state index >= 15 is 0 Å². The third-order valence-corrected chi connectivity index (χ3v) is 7.19. The van der Waals surface area contributed by atoms with Gasteiger partial charge in [-0.3, -0.25) is 0 Å². The number of benzene rings is 1. The van der Waals surface area contributed by atoms with E-state index in [0.717, 1.165) is 24.8 Å². The first-order valence-electron chi connectivity index (χ1n) is 13.1. The molecule has 0 radical (unpaired) electrons. The van der Waals surface area contributed by atoms with Crippen LogP contribution >= 0.6 is 7.92 Å². The number of rotatable bonds is 9. The third-order valence-electron chi connectivity index (χ3n) is 6.82. The van der Waals surface area contributed by atoms with Gasteiger partial charge in [-0.15, -0.1) is 0 Å². The summed E-state index contributed by atoms with van der Waals surface area (Å²) in [4.78, 5) is 50.8. The SMILES string of the molecule is CCCCOC(=O)N1CCN(C(=O)[C@H](C#P=O)NC(=O)c2cc([C@H]3C[C@@H]3CO)nc(-c3ccccc3)n2)CC1. The monoisotopic (exact) mass is 553 g/mol. The summed E-state index contributed by atoms with van der Waals surface area (Å²) in [7, 11) is -0.535. The molecule has 11 nitrogen and oxygen atoms in total. The first-order chi connectivity index (χ1) is 18.9. The van der Waals surface area contributed by atoms with E-state index in [4.69, 9.17) is 4.74 Å². The van der Waals surface area contributed by atoms with Crippen molar-refractivity contribution >= 4 is 25.8 Å². The van der Waals surface area contributed by atoms with Crippen LogP contribution in [-0.2, 0) is 14.1 Å². The predicted molar refractivity (Wildman–Crippen MR) is 143 cm³/mol. The molecule has 2 aromatic rings. The van der Waals surface area contributed by atoms with Crippen LogP contribution in [-0.4, -0.2) is 88.2 Å². The maximum atomic E-state index is 13.3. The van der Waals surface area contributed by atoms with E-state index in [1.165, 1.54) is 9.80 Å². The molecule has 2 aliphatic rings. The number of piperazine rings is 1. The molecule has 39 heavy (non-hydrogen) atoms. The molecule has 0 unspecified atom stereocenters. The molecule has 0 bridgehead atoms. The summed E-state index contributed by atoms with van der Waals surface area (Å²) in [6.07, 6.45) is 2.06. The Morgan fingerprint density at radius 3 is 2.51 bits per heavy atom. The van der Waals surface area contributed by atoms with Crippen molar-refractivity contribution in [3.05, 3.63) is 47.8 Å². The minimum atomic E-state index is -1.27. The van der Waals surface area contributed by atoms with Crippen molar-refractivity contribution in [2.24, 2.45) is 5.92 Å². The Morgan fingerprint density at radius 2 is 1.87 bits per heavy atom. The second-order valence-corrected chi connectivity index (χ2v) is 10.0. The number of aliphatic hydroxyl groups excluding tert-OH is 1. The number of hydrogen-bond acceptors (Lipinski definition) is 8.